The molecule has 1 aliphatic rings. The van der Waals surface area contributed by atoms with Gasteiger partial charge in [0.15, 0.2) is 5.78 Å². The van der Waals surface area contributed by atoms with Crippen molar-refractivity contribution in [1.82, 2.24) is 0 Å². The van der Waals surface area contributed by atoms with E-state index in [-0.39, 0.29) is 11.8 Å². The maximum atomic E-state index is 11.6. The molecule has 0 spiro atoms. The molecular formula is C15H17NO. The summed E-state index contributed by atoms with van der Waals surface area (Å²) in [6, 6.07) is 10.3. The third-order valence-corrected chi connectivity index (χ3v) is 2.81. The zero-order chi connectivity index (χ0) is 12.1. The molecule has 0 saturated heterocycles. The molecule has 0 bridgehead atoms. The first-order chi connectivity index (χ1) is 8.25. The quantitative estimate of drug-likeness (QED) is 0.854. The number of carbonyl (C=O) groups is 1. The number of Topliss-reactive ketones (excluding diaryl/α,β-unsaturated/α-hetero) is 1. The summed E-state index contributed by atoms with van der Waals surface area (Å²) in [7, 11) is 0. The summed E-state index contributed by atoms with van der Waals surface area (Å²) < 4.78 is 0. The van der Waals surface area contributed by atoms with Crippen LogP contribution < -0.4 is 5.32 Å². The lowest BCUT2D eigenvalue weighted by Gasteiger charge is -2.17. The first-order valence-electron chi connectivity index (χ1n) is 5.96. The number of hydrogen-bond acceptors (Lipinski definition) is 2. The summed E-state index contributed by atoms with van der Waals surface area (Å²) in [5, 5.41) is 3.39. The molecule has 0 fully saturated rings. The van der Waals surface area contributed by atoms with Gasteiger partial charge in [0.25, 0.3) is 0 Å². The highest BCUT2D eigenvalue weighted by atomic mass is 16.1. The minimum Gasteiger partial charge on any atom is -0.382 e. The molecule has 2 heteroatoms. The zero-order valence-corrected chi connectivity index (χ0v) is 10.0. The molecule has 88 valence electrons. The molecule has 0 aliphatic heterocycles. The molecule has 1 N–H and O–H groups in total. The van der Waals surface area contributed by atoms with Crippen molar-refractivity contribution in [2.75, 3.05) is 5.32 Å². The summed E-state index contributed by atoms with van der Waals surface area (Å²) >= 11 is 0. The van der Waals surface area contributed by atoms with E-state index in [4.69, 9.17) is 0 Å². The summed E-state index contributed by atoms with van der Waals surface area (Å²) in [5.41, 5.74) is 2.02. The first-order valence-corrected chi connectivity index (χ1v) is 5.96. The molecule has 2 nitrogen and oxygen atoms in total. The zero-order valence-electron chi connectivity index (χ0n) is 10.0. The average Bonchev–Trinajstić information content (AvgIpc) is 2.33. The van der Waals surface area contributed by atoms with Gasteiger partial charge in [0, 0.05) is 18.2 Å². The van der Waals surface area contributed by atoms with Gasteiger partial charge in [0.1, 0.15) is 0 Å². The summed E-state index contributed by atoms with van der Waals surface area (Å²) in [6.45, 7) is 2.10. The van der Waals surface area contributed by atoms with Crippen molar-refractivity contribution in [3.8, 4) is 0 Å². The molecule has 1 atom stereocenters. The lowest BCUT2D eigenvalue weighted by molar-refractivity contribution is -0.115. The van der Waals surface area contributed by atoms with Gasteiger partial charge in [-0.1, -0.05) is 36.4 Å². The standard InChI is InChI=1S/C15H17NO/c1-12(16-14-8-3-2-4-9-14)11-13-7-5-6-10-15(13)17/h2-9,12,16H,10-11H2,1H3. The van der Waals surface area contributed by atoms with Crippen molar-refractivity contribution in [2.45, 2.75) is 25.8 Å². The average molecular weight is 227 g/mol. The Morgan fingerprint density at radius 2 is 2.06 bits per heavy atom. The van der Waals surface area contributed by atoms with Gasteiger partial charge in [-0.25, -0.2) is 0 Å². The molecular weight excluding hydrogens is 210 g/mol. The third kappa shape index (κ3) is 3.31. The summed E-state index contributed by atoms with van der Waals surface area (Å²) in [5.74, 6) is 0.245. The monoisotopic (exact) mass is 227 g/mol. The van der Waals surface area contributed by atoms with Crippen LogP contribution in [0.4, 0.5) is 5.69 Å². The second-order valence-electron chi connectivity index (χ2n) is 4.36. The van der Waals surface area contributed by atoms with Gasteiger partial charge >= 0.3 is 0 Å². The Balaban J connectivity index is 1.93. The van der Waals surface area contributed by atoms with Gasteiger partial charge in [-0.2, -0.15) is 0 Å². The lowest BCUT2D eigenvalue weighted by Crippen LogP contribution is -2.19. The van der Waals surface area contributed by atoms with Crippen molar-refractivity contribution in [2.24, 2.45) is 0 Å². The number of benzene rings is 1. The molecule has 17 heavy (non-hydrogen) atoms. The van der Waals surface area contributed by atoms with Crippen molar-refractivity contribution in [3.05, 3.63) is 54.1 Å². The maximum Gasteiger partial charge on any atom is 0.162 e. The second-order valence-corrected chi connectivity index (χ2v) is 4.36. The smallest absolute Gasteiger partial charge is 0.162 e. The fourth-order valence-corrected chi connectivity index (χ4v) is 1.96. The number of rotatable bonds is 4. The summed E-state index contributed by atoms with van der Waals surface area (Å²) in [6.07, 6.45) is 7.12. The molecule has 0 saturated carbocycles. The van der Waals surface area contributed by atoms with Crippen LogP contribution in [0.25, 0.3) is 0 Å². The highest BCUT2D eigenvalue weighted by Crippen LogP contribution is 2.16. The Morgan fingerprint density at radius 3 is 2.76 bits per heavy atom. The normalized spacial score (nSPS) is 16.5. The van der Waals surface area contributed by atoms with Crippen LogP contribution in [0.2, 0.25) is 0 Å². The van der Waals surface area contributed by atoms with Gasteiger partial charge in [-0.05, 0) is 31.1 Å². The molecule has 2 rings (SSSR count). The fourth-order valence-electron chi connectivity index (χ4n) is 1.96. The molecule has 1 unspecified atom stereocenters. The SMILES string of the molecule is CC(CC1=CC=CCC1=O)Nc1ccccc1. The minimum absolute atomic E-state index is 0.245. The van der Waals surface area contributed by atoms with Crippen LogP contribution in [0, 0.1) is 0 Å². The predicted molar refractivity (Wildman–Crippen MR) is 71.0 cm³/mol. The van der Waals surface area contributed by atoms with Crippen LogP contribution in [0.5, 0.6) is 0 Å². The highest BCUT2D eigenvalue weighted by Gasteiger charge is 2.13. The van der Waals surface area contributed by atoms with E-state index in [9.17, 15) is 4.79 Å². The number of para-hydroxylation sites is 1. The molecule has 0 aromatic heterocycles. The van der Waals surface area contributed by atoms with Crippen LogP contribution in [0.3, 0.4) is 0 Å². The molecule has 0 amide bonds. The molecule has 1 aromatic carbocycles. The van der Waals surface area contributed by atoms with E-state index in [1.165, 1.54) is 0 Å². The Bertz CT molecular complexity index is 445. The van der Waals surface area contributed by atoms with Gasteiger partial charge in [-0.3, -0.25) is 4.79 Å². The number of nitrogens with one attached hydrogen (secondary N) is 1. The van der Waals surface area contributed by atoms with Crippen LogP contribution in [-0.4, -0.2) is 11.8 Å². The molecule has 1 aromatic rings. The maximum absolute atomic E-state index is 11.6. The van der Waals surface area contributed by atoms with E-state index >= 15 is 0 Å². The number of allylic oxidation sites excluding steroid dienone is 3. The number of carbonyl (C=O) groups excluding carboxylic acids is 1. The minimum atomic E-state index is 0.245. The Kier molecular flexibility index (Phi) is 3.76. The van der Waals surface area contributed by atoms with E-state index < -0.39 is 0 Å². The van der Waals surface area contributed by atoms with Gasteiger partial charge in [-0.15, -0.1) is 0 Å². The van der Waals surface area contributed by atoms with Crippen molar-refractivity contribution >= 4 is 11.5 Å². The van der Waals surface area contributed by atoms with Gasteiger partial charge in [0.05, 0.1) is 0 Å². The Labute approximate surface area is 102 Å². The van der Waals surface area contributed by atoms with E-state index in [0.717, 1.165) is 17.7 Å². The van der Waals surface area contributed by atoms with Gasteiger partial charge < -0.3 is 5.32 Å². The largest absolute Gasteiger partial charge is 0.382 e. The Morgan fingerprint density at radius 1 is 1.29 bits per heavy atom. The van der Waals surface area contributed by atoms with Crippen molar-refractivity contribution < 1.29 is 4.79 Å². The van der Waals surface area contributed by atoms with E-state index in [0.29, 0.717) is 6.42 Å². The van der Waals surface area contributed by atoms with Crippen LogP contribution >= 0.6 is 0 Å². The Hall–Kier alpha value is -1.83. The number of anilines is 1. The van der Waals surface area contributed by atoms with E-state index in [1.807, 2.05) is 48.6 Å². The second kappa shape index (κ2) is 5.48. The molecule has 0 radical (unpaired) electrons. The first kappa shape index (κ1) is 11.6. The molecule has 0 heterocycles. The number of ketones is 1. The fraction of sp³-hybridized carbons (Fsp3) is 0.267. The predicted octanol–water partition coefficient (Wildman–Crippen LogP) is 3.33. The van der Waals surface area contributed by atoms with Gasteiger partial charge in [0.2, 0.25) is 0 Å². The van der Waals surface area contributed by atoms with Crippen LogP contribution in [0.1, 0.15) is 19.8 Å². The lowest BCUT2D eigenvalue weighted by atomic mass is 9.97. The van der Waals surface area contributed by atoms with Crippen molar-refractivity contribution in [3.63, 3.8) is 0 Å². The van der Waals surface area contributed by atoms with E-state index in [1.54, 1.807) is 0 Å². The topological polar surface area (TPSA) is 29.1 Å². The molecule has 1 aliphatic carbocycles. The summed E-state index contributed by atoms with van der Waals surface area (Å²) in [4.78, 5) is 11.6. The highest BCUT2D eigenvalue weighted by molar-refractivity contribution is 5.97. The number of hydrogen-bond donors (Lipinski definition) is 1. The third-order valence-electron chi connectivity index (χ3n) is 2.81. The van der Waals surface area contributed by atoms with Crippen LogP contribution in [-0.2, 0) is 4.79 Å². The van der Waals surface area contributed by atoms with Crippen molar-refractivity contribution in [1.29, 1.82) is 0 Å². The van der Waals surface area contributed by atoms with E-state index in [2.05, 4.69) is 12.2 Å². The van der Waals surface area contributed by atoms with Crippen LogP contribution in [0.15, 0.2) is 54.1 Å².